The van der Waals surface area contributed by atoms with Crippen molar-refractivity contribution < 1.29 is 50.5 Å². The molecule has 1 heterocycles. The average molecular weight is 716 g/mol. The Kier molecular flexibility index (Phi) is 12.9. The normalized spacial score (nSPS) is 16.7. The maximum absolute atomic E-state index is 14.3. The number of benzene rings is 2. The number of ether oxygens (including phenoxy) is 3. The van der Waals surface area contributed by atoms with Gasteiger partial charge < -0.3 is 29.5 Å². The largest absolute Gasteiger partial charge is 0.471 e. The lowest BCUT2D eigenvalue weighted by atomic mass is 9.86. The minimum absolute atomic E-state index is 0.130. The van der Waals surface area contributed by atoms with Crippen molar-refractivity contribution in [3.63, 3.8) is 0 Å². The van der Waals surface area contributed by atoms with Crippen LogP contribution < -0.4 is 10.2 Å². The van der Waals surface area contributed by atoms with E-state index >= 15 is 0 Å². The number of nitrogens with one attached hydrogen (secondary N) is 1. The highest BCUT2D eigenvalue weighted by molar-refractivity contribution is 7.89. The van der Waals surface area contributed by atoms with Crippen molar-refractivity contribution in [2.24, 2.45) is 5.41 Å². The van der Waals surface area contributed by atoms with Gasteiger partial charge in [-0.15, -0.1) is 0 Å². The number of rotatable bonds is 14. The molecule has 1 fully saturated rings. The molecule has 2 atom stereocenters. The second kappa shape index (κ2) is 15.8. The standard InChI is InChI=1S/C34H48F3N3O8S/c1-31(2,3)48-30(43)38-27(20-24-12-9-8-10-13-24)28(41)22-40(23-32(4,5)16-17-33(6)46-18-19-47-33)49(44,45)26-15-11-14-25(21-26)39(7)29(42)34(35,36)37/h8-15,21,27-28,41H,16-20,22-23H2,1-7H3,(H,38,43)/t27-,28?/m0/s1. The van der Waals surface area contributed by atoms with Gasteiger partial charge in [0, 0.05) is 32.2 Å². The summed E-state index contributed by atoms with van der Waals surface area (Å²) in [5.74, 6) is -3.01. The van der Waals surface area contributed by atoms with Crippen molar-refractivity contribution in [3.05, 3.63) is 60.2 Å². The molecule has 0 radical (unpaired) electrons. The number of aliphatic hydroxyl groups excluding tert-OH is 1. The average Bonchev–Trinajstić information content (AvgIpc) is 3.44. The Balaban J connectivity index is 1.99. The second-order valence-corrected chi connectivity index (χ2v) is 16.1. The number of hydrogen-bond donors (Lipinski definition) is 2. The Bertz CT molecular complexity index is 1530. The highest BCUT2D eigenvalue weighted by atomic mass is 32.2. The molecule has 0 spiro atoms. The molecule has 1 aliphatic rings. The molecule has 0 saturated carbocycles. The molecule has 15 heteroatoms. The highest BCUT2D eigenvalue weighted by Crippen LogP contribution is 2.34. The first-order valence-electron chi connectivity index (χ1n) is 16.0. The van der Waals surface area contributed by atoms with Crippen LogP contribution in [0.1, 0.15) is 59.9 Å². The Morgan fingerprint density at radius 2 is 1.63 bits per heavy atom. The molecule has 1 saturated heterocycles. The van der Waals surface area contributed by atoms with Crippen molar-refractivity contribution >= 4 is 27.7 Å². The van der Waals surface area contributed by atoms with Crippen molar-refractivity contribution in [2.45, 2.75) is 95.4 Å². The summed E-state index contributed by atoms with van der Waals surface area (Å²) in [6.07, 6.45) is -6.44. The summed E-state index contributed by atoms with van der Waals surface area (Å²) in [4.78, 5) is 24.7. The van der Waals surface area contributed by atoms with E-state index in [9.17, 15) is 36.3 Å². The molecule has 0 aromatic heterocycles. The van der Waals surface area contributed by atoms with Crippen LogP contribution in [0, 0.1) is 5.41 Å². The molecule has 1 aliphatic heterocycles. The number of amides is 2. The molecule has 2 N–H and O–H groups in total. The molecule has 274 valence electrons. The first-order valence-corrected chi connectivity index (χ1v) is 17.4. The Hall–Kier alpha value is -3.24. The van der Waals surface area contributed by atoms with Gasteiger partial charge in [-0.3, -0.25) is 4.79 Å². The van der Waals surface area contributed by atoms with Gasteiger partial charge in [0.1, 0.15) is 5.60 Å². The van der Waals surface area contributed by atoms with Crippen molar-refractivity contribution in [2.75, 3.05) is 38.3 Å². The number of hydrogen-bond acceptors (Lipinski definition) is 8. The van der Waals surface area contributed by atoms with Crippen LogP contribution in [0.2, 0.25) is 0 Å². The maximum atomic E-state index is 14.3. The fraction of sp³-hybridized carbons (Fsp3) is 0.588. The number of halogens is 3. The van der Waals surface area contributed by atoms with E-state index in [0.29, 0.717) is 31.0 Å². The van der Waals surface area contributed by atoms with Gasteiger partial charge in [-0.05, 0) is 69.7 Å². The van der Waals surface area contributed by atoms with Crippen molar-refractivity contribution in [3.8, 4) is 0 Å². The van der Waals surface area contributed by atoms with Gasteiger partial charge in [-0.25, -0.2) is 13.2 Å². The Morgan fingerprint density at radius 3 is 2.20 bits per heavy atom. The molecule has 1 unspecified atom stereocenters. The number of alkyl halides is 3. The number of alkyl carbamates (subject to hydrolysis) is 1. The fourth-order valence-corrected chi connectivity index (χ4v) is 7.01. The van der Waals surface area contributed by atoms with E-state index < -0.39 is 63.7 Å². The molecule has 0 bridgehead atoms. The Labute approximate surface area is 286 Å². The van der Waals surface area contributed by atoms with Gasteiger partial charge in [0.15, 0.2) is 5.79 Å². The van der Waals surface area contributed by atoms with Crippen LogP contribution in [-0.2, 0) is 35.4 Å². The smallest absolute Gasteiger partial charge is 0.444 e. The predicted molar refractivity (Wildman–Crippen MR) is 177 cm³/mol. The zero-order chi connectivity index (χ0) is 36.8. The van der Waals surface area contributed by atoms with E-state index in [1.54, 1.807) is 52.0 Å². The summed E-state index contributed by atoms with van der Waals surface area (Å²) in [7, 11) is -3.62. The summed E-state index contributed by atoms with van der Waals surface area (Å²) < 4.78 is 86.2. The fourth-order valence-electron chi connectivity index (χ4n) is 5.33. The molecule has 2 aromatic rings. The summed E-state index contributed by atoms with van der Waals surface area (Å²) in [5, 5.41) is 14.3. The summed E-state index contributed by atoms with van der Waals surface area (Å²) in [5.41, 5.74) is -1.10. The topological polar surface area (TPSA) is 135 Å². The number of nitrogens with zero attached hydrogens (tertiary/aromatic N) is 2. The number of sulfonamides is 1. The van der Waals surface area contributed by atoms with Gasteiger partial charge in [0.2, 0.25) is 10.0 Å². The third-order valence-corrected chi connectivity index (χ3v) is 9.81. The molecular weight excluding hydrogens is 667 g/mol. The minimum Gasteiger partial charge on any atom is -0.444 e. The van der Waals surface area contributed by atoms with Gasteiger partial charge in [-0.2, -0.15) is 17.5 Å². The molecule has 11 nitrogen and oxygen atoms in total. The van der Waals surface area contributed by atoms with Crippen LogP contribution in [-0.4, -0.2) is 92.9 Å². The number of anilines is 1. The van der Waals surface area contributed by atoms with Crippen molar-refractivity contribution in [1.82, 2.24) is 9.62 Å². The quantitative estimate of drug-likeness (QED) is 0.270. The maximum Gasteiger partial charge on any atom is 0.471 e. The third-order valence-electron chi connectivity index (χ3n) is 8.00. The molecule has 2 amide bonds. The van der Waals surface area contributed by atoms with E-state index in [1.807, 2.05) is 19.9 Å². The van der Waals surface area contributed by atoms with Crippen LogP contribution in [0.3, 0.4) is 0 Å². The zero-order valence-electron chi connectivity index (χ0n) is 29.0. The van der Waals surface area contributed by atoms with Crippen LogP contribution in [0.15, 0.2) is 59.5 Å². The molecule has 2 aromatic carbocycles. The van der Waals surface area contributed by atoms with Crippen LogP contribution >= 0.6 is 0 Å². The number of aliphatic hydroxyl groups is 1. The van der Waals surface area contributed by atoms with Gasteiger partial charge in [-0.1, -0.05) is 50.2 Å². The summed E-state index contributed by atoms with van der Waals surface area (Å²) in [6, 6.07) is 12.6. The highest BCUT2D eigenvalue weighted by Gasteiger charge is 2.42. The lowest BCUT2D eigenvalue weighted by molar-refractivity contribution is -0.170. The van der Waals surface area contributed by atoms with Gasteiger partial charge in [0.05, 0.1) is 30.3 Å². The lowest BCUT2D eigenvalue weighted by Crippen LogP contribution is -2.52. The first-order chi connectivity index (χ1) is 22.5. The summed E-state index contributed by atoms with van der Waals surface area (Å²) >= 11 is 0. The van der Waals surface area contributed by atoms with Gasteiger partial charge >= 0.3 is 18.2 Å². The van der Waals surface area contributed by atoms with Crippen molar-refractivity contribution in [1.29, 1.82) is 0 Å². The van der Waals surface area contributed by atoms with Crippen LogP contribution in [0.25, 0.3) is 0 Å². The van der Waals surface area contributed by atoms with E-state index in [1.165, 1.54) is 18.2 Å². The lowest BCUT2D eigenvalue weighted by Gasteiger charge is -2.36. The SMILES string of the molecule is CN(C(=O)C(F)(F)F)c1cccc(S(=O)(=O)N(CC(O)[C@H](Cc2ccccc2)NC(=O)OC(C)(C)C)CC(C)(C)CCC2(C)OCCO2)c1. The van der Waals surface area contributed by atoms with E-state index in [4.69, 9.17) is 14.2 Å². The molecule has 0 aliphatic carbocycles. The number of carbonyl (C=O) groups excluding carboxylic acids is 2. The third kappa shape index (κ3) is 11.9. The number of carbonyl (C=O) groups is 2. The van der Waals surface area contributed by atoms with E-state index in [-0.39, 0.29) is 23.5 Å². The monoisotopic (exact) mass is 715 g/mol. The summed E-state index contributed by atoms with van der Waals surface area (Å²) in [6.45, 7) is 10.8. The van der Waals surface area contributed by atoms with Gasteiger partial charge in [0.25, 0.3) is 0 Å². The van der Waals surface area contributed by atoms with E-state index in [0.717, 1.165) is 23.0 Å². The Morgan fingerprint density at radius 1 is 1.02 bits per heavy atom. The minimum atomic E-state index is -5.18. The van der Waals surface area contributed by atoms with E-state index in [2.05, 4.69) is 5.32 Å². The second-order valence-electron chi connectivity index (χ2n) is 14.2. The van der Waals surface area contributed by atoms with Crippen LogP contribution in [0.4, 0.5) is 23.7 Å². The zero-order valence-corrected chi connectivity index (χ0v) is 29.9. The molecule has 3 rings (SSSR count). The van der Waals surface area contributed by atoms with Crippen LogP contribution in [0.5, 0.6) is 0 Å². The predicted octanol–water partition coefficient (Wildman–Crippen LogP) is 5.27. The molecular formula is C34H48F3N3O8S. The molecule has 49 heavy (non-hydrogen) atoms. The first kappa shape index (κ1) is 40.2.